The van der Waals surface area contributed by atoms with E-state index >= 15 is 0 Å². The highest BCUT2D eigenvalue weighted by Crippen LogP contribution is 2.36. The molecule has 1 aromatic carbocycles. The molecule has 116 valence electrons. The Kier molecular flexibility index (Phi) is 4.73. The first kappa shape index (κ1) is 16.7. The maximum absolute atomic E-state index is 13.6. The van der Waals surface area contributed by atoms with E-state index < -0.39 is 40.9 Å². The van der Waals surface area contributed by atoms with Gasteiger partial charge in [-0.1, -0.05) is 0 Å². The zero-order valence-corrected chi connectivity index (χ0v) is 10.8. The van der Waals surface area contributed by atoms with E-state index in [1.165, 1.54) is 0 Å². The number of hydroxylamine groups is 2. The average molecular weight is 310 g/mol. The molecule has 0 unspecified atom stereocenters. The van der Waals surface area contributed by atoms with Gasteiger partial charge in [0.2, 0.25) is 0 Å². The van der Waals surface area contributed by atoms with E-state index in [0.29, 0.717) is 11.1 Å². The largest absolute Gasteiger partial charge is 0.419 e. The average Bonchev–Trinajstić information content (AvgIpc) is 2.37. The first-order valence-electron chi connectivity index (χ1n) is 5.28. The highest BCUT2D eigenvalue weighted by Gasteiger charge is 2.37. The first-order valence-corrected chi connectivity index (χ1v) is 5.28. The summed E-state index contributed by atoms with van der Waals surface area (Å²) in [4.78, 5) is 26.8. The number of ether oxygens (including phenoxy) is 1. The zero-order chi connectivity index (χ0) is 16.4. The quantitative estimate of drug-likeness (QED) is 0.683. The van der Waals surface area contributed by atoms with Crippen LogP contribution in [0.15, 0.2) is 12.1 Å². The Morgan fingerprint density at radius 3 is 2.29 bits per heavy atom. The van der Waals surface area contributed by atoms with Crippen molar-refractivity contribution < 1.29 is 36.7 Å². The lowest BCUT2D eigenvalue weighted by molar-refractivity contribution is -0.140. The number of carbonyl (C=O) groups excluding carboxylic acids is 2. The third kappa shape index (κ3) is 3.81. The molecule has 0 aliphatic heterocycles. The third-order valence-electron chi connectivity index (χ3n) is 2.36. The molecule has 1 rings (SSSR count). The smallest absolute Gasteiger partial charge is 0.407 e. The fourth-order valence-electron chi connectivity index (χ4n) is 1.37. The minimum atomic E-state index is -5.10. The lowest BCUT2D eigenvalue weighted by Gasteiger charge is -2.16. The minimum absolute atomic E-state index is 0.279. The van der Waals surface area contributed by atoms with Crippen molar-refractivity contribution in [2.45, 2.75) is 6.18 Å². The Balaban J connectivity index is 3.46. The number of halogens is 4. The lowest BCUT2D eigenvalue weighted by atomic mass is 10.1. The second kappa shape index (κ2) is 5.95. The molecule has 0 saturated heterocycles. The van der Waals surface area contributed by atoms with E-state index in [9.17, 15) is 27.2 Å². The van der Waals surface area contributed by atoms with Gasteiger partial charge in [0.25, 0.3) is 5.91 Å². The number of benzene rings is 1. The number of alkyl halides is 3. The molecule has 0 spiro atoms. The standard InChI is InChI=1S/C11H10F4N2O4/c1-17(20-2)9(18)5-3-6(11(13,14)15)8(12)7(4-5)21-10(16)19/h3-4H,1-2H3,(H2,16,19). The molecular weight excluding hydrogens is 300 g/mol. The van der Waals surface area contributed by atoms with E-state index in [-0.39, 0.29) is 6.07 Å². The van der Waals surface area contributed by atoms with Crippen molar-refractivity contribution in [3.63, 3.8) is 0 Å². The van der Waals surface area contributed by atoms with Crippen LogP contribution in [0.2, 0.25) is 0 Å². The number of hydrogen-bond donors (Lipinski definition) is 1. The molecular formula is C11H10F4N2O4. The number of amides is 2. The van der Waals surface area contributed by atoms with Crippen LogP contribution in [0.3, 0.4) is 0 Å². The van der Waals surface area contributed by atoms with Gasteiger partial charge in [0.15, 0.2) is 11.6 Å². The van der Waals surface area contributed by atoms with E-state index in [4.69, 9.17) is 0 Å². The van der Waals surface area contributed by atoms with Gasteiger partial charge >= 0.3 is 12.3 Å². The van der Waals surface area contributed by atoms with E-state index in [2.05, 4.69) is 15.3 Å². The van der Waals surface area contributed by atoms with Crippen LogP contribution in [-0.2, 0) is 11.0 Å². The topological polar surface area (TPSA) is 81.9 Å². The summed E-state index contributed by atoms with van der Waals surface area (Å²) in [5.74, 6) is -3.96. The molecule has 0 aliphatic carbocycles. The van der Waals surface area contributed by atoms with Gasteiger partial charge in [-0.15, -0.1) is 0 Å². The number of nitrogens with zero attached hydrogens (tertiary/aromatic N) is 1. The summed E-state index contributed by atoms with van der Waals surface area (Å²) in [5.41, 5.74) is 2.27. The van der Waals surface area contributed by atoms with Crippen LogP contribution >= 0.6 is 0 Å². The van der Waals surface area contributed by atoms with Crippen LogP contribution in [0, 0.1) is 5.82 Å². The van der Waals surface area contributed by atoms with Crippen LogP contribution < -0.4 is 10.5 Å². The predicted octanol–water partition coefficient (Wildman–Crippen LogP) is 1.94. The van der Waals surface area contributed by atoms with Crippen molar-refractivity contribution in [2.24, 2.45) is 5.73 Å². The van der Waals surface area contributed by atoms with Gasteiger partial charge in [-0.2, -0.15) is 13.2 Å². The van der Waals surface area contributed by atoms with Gasteiger partial charge in [0.05, 0.1) is 12.7 Å². The SMILES string of the molecule is CON(C)C(=O)c1cc(OC(N)=O)c(F)c(C(F)(F)F)c1. The van der Waals surface area contributed by atoms with Gasteiger partial charge in [-0.05, 0) is 12.1 Å². The summed E-state index contributed by atoms with van der Waals surface area (Å²) in [7, 11) is 2.24. The van der Waals surface area contributed by atoms with Crippen molar-refractivity contribution >= 4 is 12.0 Å². The van der Waals surface area contributed by atoms with Gasteiger partial charge < -0.3 is 10.5 Å². The van der Waals surface area contributed by atoms with Gasteiger partial charge in [-0.25, -0.2) is 14.2 Å². The molecule has 2 amide bonds. The van der Waals surface area contributed by atoms with E-state index in [0.717, 1.165) is 14.2 Å². The van der Waals surface area contributed by atoms with Gasteiger partial charge in [0, 0.05) is 12.6 Å². The summed E-state index contributed by atoms with van der Waals surface area (Å²) >= 11 is 0. The third-order valence-corrected chi connectivity index (χ3v) is 2.36. The first-order chi connectivity index (χ1) is 9.57. The summed E-state index contributed by atoms with van der Waals surface area (Å²) in [5, 5.41) is 0.613. The van der Waals surface area contributed by atoms with Crippen molar-refractivity contribution in [1.82, 2.24) is 5.06 Å². The number of nitrogens with two attached hydrogens (primary N) is 1. The molecule has 0 aliphatic rings. The second-order valence-corrected chi connectivity index (χ2v) is 3.74. The molecule has 0 saturated carbocycles. The molecule has 0 aromatic heterocycles. The summed E-state index contributed by atoms with van der Waals surface area (Å²) < 4.78 is 56.0. The van der Waals surface area contributed by atoms with Crippen molar-refractivity contribution in [1.29, 1.82) is 0 Å². The molecule has 2 N–H and O–H groups in total. The zero-order valence-electron chi connectivity index (χ0n) is 10.8. The highest BCUT2D eigenvalue weighted by molar-refractivity contribution is 5.94. The summed E-state index contributed by atoms with van der Waals surface area (Å²) in [6, 6.07) is 0.897. The molecule has 0 heterocycles. The Morgan fingerprint density at radius 1 is 1.29 bits per heavy atom. The normalized spacial score (nSPS) is 11.1. The molecule has 6 nitrogen and oxygen atoms in total. The molecule has 0 fully saturated rings. The van der Waals surface area contributed by atoms with Crippen molar-refractivity contribution in [3.05, 3.63) is 29.1 Å². The summed E-state index contributed by atoms with van der Waals surface area (Å²) in [6.07, 6.45) is -6.62. The molecule has 21 heavy (non-hydrogen) atoms. The molecule has 0 bridgehead atoms. The molecule has 0 atom stereocenters. The van der Waals surface area contributed by atoms with Crippen molar-refractivity contribution in [3.8, 4) is 5.75 Å². The van der Waals surface area contributed by atoms with E-state index in [1.54, 1.807) is 0 Å². The lowest BCUT2D eigenvalue weighted by Crippen LogP contribution is -2.26. The number of primary amides is 1. The van der Waals surface area contributed by atoms with Gasteiger partial charge in [-0.3, -0.25) is 9.63 Å². The Hall–Kier alpha value is -2.36. The van der Waals surface area contributed by atoms with Crippen LogP contribution in [0.5, 0.6) is 5.75 Å². The van der Waals surface area contributed by atoms with E-state index in [1.807, 2.05) is 0 Å². The second-order valence-electron chi connectivity index (χ2n) is 3.74. The monoisotopic (exact) mass is 310 g/mol. The maximum Gasteiger partial charge on any atom is 0.419 e. The Bertz CT molecular complexity index is 574. The molecule has 0 radical (unpaired) electrons. The maximum atomic E-state index is 13.6. The fraction of sp³-hybridized carbons (Fsp3) is 0.273. The van der Waals surface area contributed by atoms with Crippen LogP contribution in [0.4, 0.5) is 22.4 Å². The van der Waals surface area contributed by atoms with Crippen LogP contribution in [0.25, 0.3) is 0 Å². The Morgan fingerprint density at radius 2 is 1.86 bits per heavy atom. The van der Waals surface area contributed by atoms with Crippen LogP contribution in [-0.4, -0.2) is 31.2 Å². The molecule has 10 heteroatoms. The highest BCUT2D eigenvalue weighted by atomic mass is 19.4. The predicted molar refractivity (Wildman–Crippen MR) is 60.7 cm³/mol. The van der Waals surface area contributed by atoms with Gasteiger partial charge in [0.1, 0.15) is 0 Å². The van der Waals surface area contributed by atoms with Crippen molar-refractivity contribution in [2.75, 3.05) is 14.2 Å². The number of hydrogen-bond acceptors (Lipinski definition) is 4. The molecule has 1 aromatic rings. The fourth-order valence-corrected chi connectivity index (χ4v) is 1.37. The number of rotatable bonds is 3. The summed E-state index contributed by atoms with van der Waals surface area (Å²) in [6.45, 7) is 0. The minimum Gasteiger partial charge on any atom is -0.407 e. The Labute approximate surface area is 116 Å². The van der Waals surface area contributed by atoms with Crippen LogP contribution in [0.1, 0.15) is 15.9 Å². The number of carbonyl (C=O) groups is 2.